The van der Waals surface area contributed by atoms with Gasteiger partial charge in [0.2, 0.25) is 0 Å². The number of benzene rings is 2. The van der Waals surface area contributed by atoms with Gasteiger partial charge in [-0.15, -0.1) is 24.8 Å². The third kappa shape index (κ3) is 2.45. The number of hydrogen-bond acceptors (Lipinski definition) is 0. The van der Waals surface area contributed by atoms with Crippen molar-refractivity contribution in [3.63, 3.8) is 0 Å². The Morgan fingerprint density at radius 1 is 0.875 bits per heavy atom. The molecule has 3 rings (SSSR count). The fourth-order valence-electron chi connectivity index (χ4n) is 2.07. The SMILES string of the molecule is C1=Cc2cccc3cccc(c23)C1.Cl.Cl.[Cr]. The standard InChI is InChI=1S/C13H10.2ClH.Cr/c1-4-10-6-2-8-12-9-3-7-11(5-1)13(10)12;;;/h1-8H,9H2;2*1H;. The van der Waals surface area contributed by atoms with Crippen molar-refractivity contribution in [2.24, 2.45) is 0 Å². The van der Waals surface area contributed by atoms with E-state index in [0.29, 0.717) is 0 Å². The predicted octanol–water partition coefficient (Wildman–Crippen LogP) is 4.25. The molecule has 0 N–H and O–H groups in total. The third-order valence-electron chi connectivity index (χ3n) is 2.66. The fraction of sp³-hybridized carbons (Fsp3) is 0.0769. The van der Waals surface area contributed by atoms with Gasteiger partial charge in [0.1, 0.15) is 0 Å². The molecule has 84 valence electrons. The van der Waals surface area contributed by atoms with Crippen molar-refractivity contribution >= 4 is 41.7 Å². The maximum Gasteiger partial charge on any atom is 0 e. The van der Waals surface area contributed by atoms with Crippen LogP contribution in [-0.4, -0.2) is 0 Å². The first kappa shape index (κ1) is 15.6. The molecule has 0 aliphatic heterocycles. The normalized spacial score (nSPS) is 11.0. The molecule has 1 aliphatic rings. The second-order valence-corrected chi connectivity index (χ2v) is 3.47. The van der Waals surface area contributed by atoms with Gasteiger partial charge in [0, 0.05) is 17.4 Å². The van der Waals surface area contributed by atoms with Gasteiger partial charge in [-0.25, -0.2) is 0 Å². The Balaban J connectivity index is 0.000000750. The van der Waals surface area contributed by atoms with E-state index in [2.05, 4.69) is 48.6 Å². The molecule has 0 saturated carbocycles. The average molecular weight is 291 g/mol. The molecule has 16 heavy (non-hydrogen) atoms. The predicted molar refractivity (Wildman–Crippen MR) is 71.2 cm³/mol. The topological polar surface area (TPSA) is 0 Å². The van der Waals surface area contributed by atoms with Gasteiger partial charge < -0.3 is 0 Å². The van der Waals surface area contributed by atoms with Crippen molar-refractivity contribution in [1.29, 1.82) is 0 Å². The average Bonchev–Trinajstić information content (AvgIpc) is 2.19. The van der Waals surface area contributed by atoms with Gasteiger partial charge in [-0.2, -0.15) is 0 Å². The molecule has 0 nitrogen and oxygen atoms in total. The Morgan fingerprint density at radius 3 is 2.31 bits per heavy atom. The molecule has 2 aromatic rings. The maximum atomic E-state index is 2.23. The van der Waals surface area contributed by atoms with Crippen molar-refractivity contribution in [2.45, 2.75) is 6.42 Å². The molecule has 0 unspecified atom stereocenters. The van der Waals surface area contributed by atoms with E-state index in [9.17, 15) is 0 Å². The molecular weight excluding hydrogens is 279 g/mol. The summed E-state index contributed by atoms with van der Waals surface area (Å²) in [4.78, 5) is 0. The molecule has 0 amide bonds. The number of allylic oxidation sites excluding steroid dienone is 1. The molecule has 0 atom stereocenters. The van der Waals surface area contributed by atoms with Gasteiger partial charge in [-0.1, -0.05) is 48.6 Å². The van der Waals surface area contributed by atoms with Gasteiger partial charge >= 0.3 is 0 Å². The van der Waals surface area contributed by atoms with E-state index in [1.54, 1.807) is 0 Å². The molecule has 2 aromatic carbocycles. The largest absolute Gasteiger partial charge is 0.147 e. The van der Waals surface area contributed by atoms with Gasteiger partial charge in [-0.05, 0) is 28.3 Å². The minimum Gasteiger partial charge on any atom is -0.147 e. The first-order chi connectivity index (χ1) is 6.45. The zero-order valence-corrected chi connectivity index (χ0v) is 11.5. The van der Waals surface area contributed by atoms with E-state index in [0.717, 1.165) is 6.42 Å². The van der Waals surface area contributed by atoms with E-state index >= 15 is 0 Å². The maximum absolute atomic E-state index is 2.23. The first-order valence-corrected chi connectivity index (χ1v) is 4.62. The molecule has 0 heterocycles. The zero-order chi connectivity index (χ0) is 8.67. The summed E-state index contributed by atoms with van der Waals surface area (Å²) in [6.45, 7) is 0. The van der Waals surface area contributed by atoms with Crippen LogP contribution in [0, 0.1) is 0 Å². The van der Waals surface area contributed by atoms with E-state index in [-0.39, 0.29) is 42.2 Å². The molecule has 0 aromatic heterocycles. The summed E-state index contributed by atoms with van der Waals surface area (Å²) in [6, 6.07) is 13.0. The van der Waals surface area contributed by atoms with Gasteiger partial charge in [0.05, 0.1) is 0 Å². The molecule has 3 heteroatoms. The summed E-state index contributed by atoms with van der Waals surface area (Å²) < 4.78 is 0. The number of hydrogen-bond donors (Lipinski definition) is 0. The van der Waals surface area contributed by atoms with Crippen molar-refractivity contribution in [2.75, 3.05) is 0 Å². The molecule has 0 radical (unpaired) electrons. The molecule has 1 aliphatic carbocycles. The fourth-order valence-corrected chi connectivity index (χ4v) is 2.07. The van der Waals surface area contributed by atoms with Crippen LogP contribution in [0.15, 0.2) is 42.5 Å². The van der Waals surface area contributed by atoms with Crippen LogP contribution in [-0.2, 0) is 23.8 Å². The van der Waals surface area contributed by atoms with E-state index in [1.807, 2.05) is 0 Å². The van der Waals surface area contributed by atoms with Gasteiger partial charge in [0.15, 0.2) is 0 Å². The van der Waals surface area contributed by atoms with Gasteiger partial charge in [-0.3, -0.25) is 0 Å². The van der Waals surface area contributed by atoms with Crippen LogP contribution in [0.3, 0.4) is 0 Å². The van der Waals surface area contributed by atoms with Crippen LogP contribution in [0.1, 0.15) is 11.1 Å². The summed E-state index contributed by atoms with van der Waals surface area (Å²) >= 11 is 0. The second kappa shape index (κ2) is 6.33. The summed E-state index contributed by atoms with van der Waals surface area (Å²) in [6.07, 6.45) is 5.53. The van der Waals surface area contributed by atoms with Crippen LogP contribution in [0.5, 0.6) is 0 Å². The Morgan fingerprint density at radius 2 is 1.56 bits per heavy atom. The zero-order valence-electron chi connectivity index (χ0n) is 8.55. The number of rotatable bonds is 0. The van der Waals surface area contributed by atoms with Crippen LogP contribution in [0.4, 0.5) is 0 Å². The van der Waals surface area contributed by atoms with E-state index in [4.69, 9.17) is 0 Å². The monoisotopic (exact) mass is 290 g/mol. The van der Waals surface area contributed by atoms with Crippen molar-refractivity contribution in [3.8, 4) is 0 Å². The van der Waals surface area contributed by atoms with Crippen LogP contribution in [0.25, 0.3) is 16.8 Å². The van der Waals surface area contributed by atoms with E-state index < -0.39 is 0 Å². The van der Waals surface area contributed by atoms with Crippen LogP contribution >= 0.6 is 24.8 Å². The summed E-state index contributed by atoms with van der Waals surface area (Å²) in [7, 11) is 0. The molecule has 0 saturated heterocycles. The second-order valence-electron chi connectivity index (χ2n) is 3.47. The third-order valence-corrected chi connectivity index (χ3v) is 2.66. The van der Waals surface area contributed by atoms with Crippen molar-refractivity contribution in [3.05, 3.63) is 53.6 Å². The summed E-state index contributed by atoms with van der Waals surface area (Å²) in [5.41, 5.74) is 2.81. The van der Waals surface area contributed by atoms with Gasteiger partial charge in [0.25, 0.3) is 0 Å². The van der Waals surface area contributed by atoms with Crippen molar-refractivity contribution < 1.29 is 17.4 Å². The van der Waals surface area contributed by atoms with E-state index in [1.165, 1.54) is 21.9 Å². The molecule has 0 fully saturated rings. The number of halogens is 2. The Hall–Kier alpha value is -0.448. The molecule has 0 spiro atoms. The van der Waals surface area contributed by atoms with Crippen LogP contribution in [0.2, 0.25) is 0 Å². The quantitative estimate of drug-likeness (QED) is 0.680. The summed E-state index contributed by atoms with van der Waals surface area (Å²) in [5.74, 6) is 0. The van der Waals surface area contributed by atoms with Crippen LogP contribution < -0.4 is 0 Å². The molecular formula is C13H12Cl2Cr. The Kier molecular flexibility index (Phi) is 6.15. The van der Waals surface area contributed by atoms with Crippen molar-refractivity contribution in [1.82, 2.24) is 0 Å². The first-order valence-electron chi connectivity index (χ1n) is 4.62. The Labute approximate surface area is 119 Å². The minimum atomic E-state index is 0. The molecule has 0 bridgehead atoms. The minimum absolute atomic E-state index is 0. The summed E-state index contributed by atoms with van der Waals surface area (Å²) in [5, 5.41) is 2.80. The Bertz CT molecular complexity index is 501. The smallest absolute Gasteiger partial charge is 0 e.